The Morgan fingerprint density at radius 3 is 2.29 bits per heavy atom. The second-order valence-electron chi connectivity index (χ2n) is 8.84. The van der Waals surface area contributed by atoms with Crippen LogP contribution in [0.3, 0.4) is 0 Å². The van der Waals surface area contributed by atoms with E-state index in [-0.39, 0.29) is 5.91 Å². The Labute approximate surface area is 184 Å². The van der Waals surface area contributed by atoms with Crippen LogP contribution in [0.25, 0.3) is 10.8 Å². The molecular weight excluding hydrogens is 384 g/mol. The molecule has 4 nitrogen and oxygen atoms in total. The van der Waals surface area contributed by atoms with Crippen LogP contribution in [0.5, 0.6) is 0 Å². The average Bonchev–Trinajstić information content (AvgIpc) is 3.60. The average molecular weight is 415 g/mol. The Kier molecular flexibility index (Phi) is 6.08. The Balaban J connectivity index is 1.52. The lowest BCUT2D eigenvalue weighted by molar-refractivity contribution is -0.145. The first-order chi connectivity index (χ1) is 15.0. The summed E-state index contributed by atoms with van der Waals surface area (Å²) in [6.45, 7) is 0. The van der Waals surface area contributed by atoms with Gasteiger partial charge in [0.1, 0.15) is 5.54 Å². The maximum absolute atomic E-state index is 13.2. The van der Waals surface area contributed by atoms with Crippen molar-refractivity contribution in [3.8, 4) is 0 Å². The zero-order valence-electron chi connectivity index (χ0n) is 18.1. The fourth-order valence-electron chi connectivity index (χ4n) is 4.47. The zero-order valence-corrected chi connectivity index (χ0v) is 18.1. The maximum atomic E-state index is 13.2. The van der Waals surface area contributed by atoms with Crippen LogP contribution < -0.4 is 5.73 Å². The molecule has 160 valence electrons. The lowest BCUT2D eigenvalue weighted by Gasteiger charge is -2.40. The van der Waals surface area contributed by atoms with E-state index < -0.39 is 11.4 Å². The molecular formula is C27H30N2O2. The minimum absolute atomic E-state index is 0.0384. The Morgan fingerprint density at radius 2 is 1.61 bits per heavy atom. The topological polar surface area (TPSA) is 63.4 Å². The summed E-state index contributed by atoms with van der Waals surface area (Å²) in [5.74, 6) is 0.0142. The highest BCUT2D eigenvalue weighted by molar-refractivity contribution is 5.91. The van der Waals surface area contributed by atoms with Gasteiger partial charge in [0, 0.05) is 19.9 Å². The molecule has 0 heterocycles. The molecule has 0 saturated heterocycles. The van der Waals surface area contributed by atoms with Gasteiger partial charge >= 0.3 is 0 Å². The van der Waals surface area contributed by atoms with E-state index in [9.17, 15) is 9.59 Å². The summed E-state index contributed by atoms with van der Waals surface area (Å²) >= 11 is 0. The van der Waals surface area contributed by atoms with E-state index >= 15 is 0 Å². The van der Waals surface area contributed by atoms with E-state index in [0.717, 1.165) is 24.0 Å². The smallest absolute Gasteiger partial charge is 0.243 e. The molecule has 0 aliphatic heterocycles. The second-order valence-corrected chi connectivity index (χ2v) is 8.84. The van der Waals surface area contributed by atoms with Gasteiger partial charge in [0.15, 0.2) is 0 Å². The number of nitrogens with zero attached hydrogens (tertiary/aromatic N) is 1. The summed E-state index contributed by atoms with van der Waals surface area (Å²) < 4.78 is 0. The number of benzene rings is 3. The van der Waals surface area contributed by atoms with Gasteiger partial charge in [-0.25, -0.2) is 0 Å². The van der Waals surface area contributed by atoms with Crippen LogP contribution in [0.4, 0.5) is 0 Å². The van der Waals surface area contributed by atoms with Gasteiger partial charge in [-0.2, -0.15) is 0 Å². The third kappa shape index (κ3) is 4.79. The van der Waals surface area contributed by atoms with Gasteiger partial charge in [0.2, 0.25) is 11.8 Å². The predicted octanol–water partition coefficient (Wildman–Crippen LogP) is 4.50. The molecule has 1 aliphatic carbocycles. The molecule has 2 amide bonds. The van der Waals surface area contributed by atoms with E-state index in [1.54, 1.807) is 11.9 Å². The number of amides is 2. The molecule has 0 bridgehead atoms. The van der Waals surface area contributed by atoms with Gasteiger partial charge in [-0.3, -0.25) is 9.59 Å². The van der Waals surface area contributed by atoms with Gasteiger partial charge in [-0.1, -0.05) is 85.6 Å². The maximum Gasteiger partial charge on any atom is 0.243 e. The minimum Gasteiger partial charge on any atom is -0.368 e. The first kappa shape index (κ1) is 21.1. The van der Waals surface area contributed by atoms with E-state index in [0.29, 0.717) is 31.6 Å². The molecule has 1 saturated carbocycles. The fraction of sp³-hybridized carbons (Fsp3) is 0.333. The predicted molar refractivity (Wildman–Crippen MR) is 124 cm³/mol. The van der Waals surface area contributed by atoms with Gasteiger partial charge in [0.25, 0.3) is 0 Å². The number of likely N-dealkylation sites (N-methyl/N-ethyl adjacent to an activating group) is 1. The highest BCUT2D eigenvalue weighted by atomic mass is 16.2. The molecule has 0 spiro atoms. The lowest BCUT2D eigenvalue weighted by Crippen LogP contribution is -2.59. The number of carbonyl (C=O) groups is 2. The summed E-state index contributed by atoms with van der Waals surface area (Å²) in [7, 11) is 1.75. The number of nitrogens with two attached hydrogens (primary N) is 1. The van der Waals surface area contributed by atoms with Crippen molar-refractivity contribution in [3.63, 3.8) is 0 Å². The van der Waals surface area contributed by atoms with Crippen molar-refractivity contribution < 1.29 is 9.59 Å². The van der Waals surface area contributed by atoms with E-state index in [4.69, 9.17) is 5.73 Å². The zero-order chi connectivity index (χ0) is 21.8. The van der Waals surface area contributed by atoms with E-state index in [1.807, 2.05) is 42.5 Å². The van der Waals surface area contributed by atoms with Gasteiger partial charge < -0.3 is 10.6 Å². The minimum atomic E-state index is -0.983. The standard InChI is InChI=1S/C27H30N2O2/c1-29(25(30)16-14-20-13-15-23-9-5-6-10-24(23)17-20)27(26(28)31,19-22-11-12-22)18-21-7-3-2-4-8-21/h2-10,13,15,17,22H,11-12,14,16,18-19H2,1H3,(H2,28,31). The molecule has 4 rings (SSSR count). The van der Waals surface area contributed by atoms with Crippen LogP contribution in [-0.2, 0) is 22.4 Å². The Hall–Kier alpha value is -3.14. The molecule has 3 aromatic rings. The third-order valence-corrected chi connectivity index (χ3v) is 6.58. The molecule has 1 unspecified atom stereocenters. The molecule has 1 atom stereocenters. The van der Waals surface area contributed by atoms with Crippen LogP contribution in [0.1, 0.15) is 36.8 Å². The van der Waals surface area contributed by atoms with Crippen molar-refractivity contribution in [2.24, 2.45) is 11.7 Å². The van der Waals surface area contributed by atoms with Crippen LogP contribution in [0.15, 0.2) is 72.8 Å². The summed E-state index contributed by atoms with van der Waals surface area (Å²) in [5, 5.41) is 2.36. The van der Waals surface area contributed by atoms with Crippen molar-refractivity contribution in [1.82, 2.24) is 4.90 Å². The van der Waals surface area contributed by atoms with Crippen molar-refractivity contribution in [2.45, 2.75) is 44.1 Å². The molecule has 0 aromatic heterocycles. The monoisotopic (exact) mass is 414 g/mol. The Bertz CT molecular complexity index is 1070. The largest absolute Gasteiger partial charge is 0.368 e. The van der Waals surface area contributed by atoms with Crippen molar-refractivity contribution in [1.29, 1.82) is 0 Å². The van der Waals surface area contributed by atoms with Crippen molar-refractivity contribution in [3.05, 3.63) is 83.9 Å². The first-order valence-corrected chi connectivity index (χ1v) is 11.1. The fourth-order valence-corrected chi connectivity index (χ4v) is 4.47. The van der Waals surface area contributed by atoms with Crippen LogP contribution in [0.2, 0.25) is 0 Å². The van der Waals surface area contributed by atoms with Gasteiger partial charge in [-0.15, -0.1) is 0 Å². The van der Waals surface area contributed by atoms with Gasteiger partial charge in [0.05, 0.1) is 0 Å². The molecule has 1 fully saturated rings. The van der Waals surface area contributed by atoms with Crippen LogP contribution in [0, 0.1) is 5.92 Å². The highest BCUT2D eigenvalue weighted by Crippen LogP contribution is 2.40. The van der Waals surface area contributed by atoms with Gasteiger partial charge in [-0.05, 0) is 40.7 Å². The normalized spacial score (nSPS) is 15.4. The number of primary amides is 1. The number of fused-ring (bicyclic) bond motifs is 1. The van der Waals surface area contributed by atoms with E-state index in [1.165, 1.54) is 10.8 Å². The number of hydrogen-bond acceptors (Lipinski definition) is 2. The molecule has 1 aliphatic rings. The van der Waals surface area contributed by atoms with Crippen molar-refractivity contribution in [2.75, 3.05) is 7.05 Å². The quantitative estimate of drug-likeness (QED) is 0.560. The van der Waals surface area contributed by atoms with E-state index in [2.05, 4.69) is 30.3 Å². The lowest BCUT2D eigenvalue weighted by atomic mass is 9.83. The SMILES string of the molecule is CN(C(=O)CCc1ccc2ccccc2c1)C(Cc1ccccc1)(CC1CC1)C(N)=O. The van der Waals surface area contributed by atoms with Crippen LogP contribution >= 0.6 is 0 Å². The molecule has 4 heteroatoms. The first-order valence-electron chi connectivity index (χ1n) is 11.1. The molecule has 3 aromatic carbocycles. The summed E-state index contributed by atoms with van der Waals surface area (Å²) in [6, 6.07) is 24.4. The summed E-state index contributed by atoms with van der Waals surface area (Å²) in [4.78, 5) is 27.7. The Morgan fingerprint density at radius 1 is 0.935 bits per heavy atom. The summed E-state index contributed by atoms with van der Waals surface area (Å²) in [6.07, 6.45) is 4.28. The molecule has 2 N–H and O–H groups in total. The number of carbonyl (C=O) groups excluding carboxylic acids is 2. The summed E-state index contributed by atoms with van der Waals surface area (Å²) in [5.41, 5.74) is 7.13. The number of aryl methyl sites for hydroxylation is 1. The number of rotatable bonds is 9. The second kappa shape index (κ2) is 8.93. The van der Waals surface area contributed by atoms with Crippen molar-refractivity contribution >= 4 is 22.6 Å². The highest BCUT2D eigenvalue weighted by Gasteiger charge is 2.46. The van der Waals surface area contributed by atoms with Crippen LogP contribution in [-0.4, -0.2) is 29.3 Å². The molecule has 0 radical (unpaired) electrons. The number of hydrogen-bond donors (Lipinski definition) is 1. The molecule has 31 heavy (non-hydrogen) atoms. The third-order valence-electron chi connectivity index (χ3n) is 6.58.